The van der Waals surface area contributed by atoms with Gasteiger partial charge in [-0.15, -0.1) is 0 Å². The topological polar surface area (TPSA) is 29.3 Å². The Kier molecular flexibility index (Phi) is 3.70. The van der Waals surface area contributed by atoms with Crippen LogP contribution in [0.5, 0.6) is 0 Å². The fourth-order valence-corrected chi connectivity index (χ4v) is 4.44. The largest absolute Gasteiger partial charge is 0.330 e. The van der Waals surface area contributed by atoms with Crippen molar-refractivity contribution in [1.29, 1.82) is 0 Å². The molecule has 2 N–H and O–H groups in total. The molecule has 4 rings (SSSR count). The van der Waals surface area contributed by atoms with Gasteiger partial charge in [-0.25, -0.2) is 4.39 Å². The zero-order chi connectivity index (χ0) is 15.9. The van der Waals surface area contributed by atoms with E-state index in [2.05, 4.69) is 29.2 Å². The highest BCUT2D eigenvalue weighted by Crippen LogP contribution is 2.53. The summed E-state index contributed by atoms with van der Waals surface area (Å²) < 4.78 is 13.9. The normalized spacial score (nSPS) is 18.9. The van der Waals surface area contributed by atoms with Crippen molar-refractivity contribution in [3.63, 3.8) is 0 Å². The SMILES string of the molecule is NCCCN1CCC2(CC1)c1ccccc1-c1ccc(F)cc12. The molecule has 23 heavy (non-hydrogen) atoms. The highest BCUT2D eigenvalue weighted by Gasteiger charge is 2.44. The Bertz CT molecular complexity index is 717. The molecule has 2 nitrogen and oxygen atoms in total. The van der Waals surface area contributed by atoms with Gasteiger partial charge >= 0.3 is 0 Å². The van der Waals surface area contributed by atoms with Crippen LogP contribution in [0.1, 0.15) is 30.4 Å². The maximum atomic E-state index is 13.9. The summed E-state index contributed by atoms with van der Waals surface area (Å²) in [5.41, 5.74) is 10.7. The van der Waals surface area contributed by atoms with E-state index in [1.807, 2.05) is 6.07 Å². The van der Waals surface area contributed by atoms with Crippen LogP contribution in [0.2, 0.25) is 0 Å². The first-order valence-electron chi connectivity index (χ1n) is 8.57. The molecule has 0 saturated carbocycles. The fraction of sp³-hybridized carbons (Fsp3) is 0.400. The summed E-state index contributed by atoms with van der Waals surface area (Å²) in [5.74, 6) is -0.124. The van der Waals surface area contributed by atoms with Crippen LogP contribution in [0.3, 0.4) is 0 Å². The molecule has 1 fully saturated rings. The molecular formula is C20H23FN2. The Morgan fingerprint density at radius 3 is 2.52 bits per heavy atom. The quantitative estimate of drug-likeness (QED) is 0.939. The average Bonchev–Trinajstić information content (AvgIpc) is 2.85. The van der Waals surface area contributed by atoms with E-state index in [0.29, 0.717) is 0 Å². The molecule has 1 spiro atoms. The zero-order valence-corrected chi connectivity index (χ0v) is 13.4. The van der Waals surface area contributed by atoms with Gasteiger partial charge in [0.15, 0.2) is 0 Å². The number of benzene rings is 2. The summed E-state index contributed by atoms with van der Waals surface area (Å²) in [6, 6.07) is 13.9. The minimum Gasteiger partial charge on any atom is -0.330 e. The lowest BCUT2D eigenvalue weighted by molar-refractivity contribution is 0.180. The third kappa shape index (κ3) is 2.30. The van der Waals surface area contributed by atoms with E-state index in [9.17, 15) is 4.39 Å². The van der Waals surface area contributed by atoms with Gasteiger partial charge in [0.05, 0.1) is 0 Å². The van der Waals surface area contributed by atoms with E-state index in [1.54, 1.807) is 12.1 Å². The summed E-state index contributed by atoms with van der Waals surface area (Å²) in [7, 11) is 0. The van der Waals surface area contributed by atoms with Crippen molar-refractivity contribution in [3.05, 3.63) is 59.4 Å². The average molecular weight is 310 g/mol. The van der Waals surface area contributed by atoms with Crippen LogP contribution < -0.4 is 5.73 Å². The molecule has 3 heteroatoms. The number of halogens is 1. The highest BCUT2D eigenvalue weighted by molar-refractivity contribution is 5.81. The fourth-order valence-electron chi connectivity index (χ4n) is 4.44. The molecule has 120 valence electrons. The van der Waals surface area contributed by atoms with Gasteiger partial charge in [-0.1, -0.05) is 30.3 Å². The number of hydrogen-bond acceptors (Lipinski definition) is 2. The second-order valence-corrected chi connectivity index (χ2v) is 6.80. The molecule has 1 saturated heterocycles. The minimum absolute atomic E-state index is 0.00671. The van der Waals surface area contributed by atoms with Crippen LogP contribution in [0, 0.1) is 5.82 Å². The molecule has 0 unspecified atom stereocenters. The lowest BCUT2D eigenvalue weighted by Crippen LogP contribution is -2.43. The summed E-state index contributed by atoms with van der Waals surface area (Å²) in [6.07, 6.45) is 3.17. The zero-order valence-electron chi connectivity index (χ0n) is 13.4. The summed E-state index contributed by atoms with van der Waals surface area (Å²) in [6.45, 7) is 3.94. The number of hydrogen-bond donors (Lipinski definition) is 1. The molecule has 2 aromatic rings. The predicted molar refractivity (Wildman–Crippen MR) is 92.0 cm³/mol. The van der Waals surface area contributed by atoms with Gasteiger partial charge in [-0.05, 0) is 79.8 Å². The number of fused-ring (bicyclic) bond motifs is 5. The van der Waals surface area contributed by atoms with Crippen LogP contribution in [-0.4, -0.2) is 31.1 Å². The standard InChI is InChI=1S/C20H23FN2/c21-15-6-7-17-16-4-1-2-5-18(16)20(19(17)14-15)8-12-23(13-9-20)11-3-10-22/h1-2,4-7,14H,3,8-13,22H2. The highest BCUT2D eigenvalue weighted by atomic mass is 19.1. The van der Waals surface area contributed by atoms with Gasteiger partial charge < -0.3 is 10.6 Å². The van der Waals surface area contributed by atoms with Crippen molar-refractivity contribution in [2.45, 2.75) is 24.7 Å². The molecule has 1 aliphatic heterocycles. The number of nitrogens with zero attached hydrogens (tertiary/aromatic N) is 1. The molecule has 2 aliphatic rings. The van der Waals surface area contributed by atoms with E-state index in [1.165, 1.54) is 22.3 Å². The molecular weight excluding hydrogens is 287 g/mol. The Balaban J connectivity index is 1.73. The smallest absolute Gasteiger partial charge is 0.123 e. The van der Waals surface area contributed by atoms with E-state index < -0.39 is 0 Å². The van der Waals surface area contributed by atoms with Gasteiger partial charge in [0.25, 0.3) is 0 Å². The van der Waals surface area contributed by atoms with Crippen molar-refractivity contribution in [2.75, 3.05) is 26.2 Å². The lowest BCUT2D eigenvalue weighted by atomic mass is 9.71. The van der Waals surface area contributed by atoms with Gasteiger partial charge in [-0.3, -0.25) is 0 Å². The Hall–Kier alpha value is -1.71. The molecule has 0 radical (unpaired) electrons. The van der Waals surface area contributed by atoms with Crippen LogP contribution >= 0.6 is 0 Å². The van der Waals surface area contributed by atoms with E-state index >= 15 is 0 Å². The molecule has 0 atom stereocenters. The molecule has 1 heterocycles. The van der Waals surface area contributed by atoms with E-state index in [0.717, 1.165) is 45.4 Å². The Labute approximate surface area is 137 Å². The van der Waals surface area contributed by atoms with Gasteiger partial charge in [-0.2, -0.15) is 0 Å². The molecule has 2 aromatic carbocycles. The summed E-state index contributed by atoms with van der Waals surface area (Å²) >= 11 is 0. The van der Waals surface area contributed by atoms with Gasteiger partial charge in [0.2, 0.25) is 0 Å². The van der Waals surface area contributed by atoms with Crippen molar-refractivity contribution in [2.24, 2.45) is 5.73 Å². The van der Waals surface area contributed by atoms with Crippen LogP contribution in [0.15, 0.2) is 42.5 Å². The molecule has 0 amide bonds. The van der Waals surface area contributed by atoms with E-state index in [4.69, 9.17) is 5.73 Å². The monoisotopic (exact) mass is 310 g/mol. The minimum atomic E-state index is -0.124. The maximum absolute atomic E-state index is 13.9. The molecule has 1 aliphatic carbocycles. The van der Waals surface area contributed by atoms with Crippen LogP contribution in [0.25, 0.3) is 11.1 Å². The third-order valence-electron chi connectivity index (χ3n) is 5.62. The van der Waals surface area contributed by atoms with E-state index in [-0.39, 0.29) is 11.2 Å². The summed E-state index contributed by atoms with van der Waals surface area (Å²) in [4.78, 5) is 2.50. The molecule has 0 aromatic heterocycles. The van der Waals surface area contributed by atoms with Crippen molar-refractivity contribution in [3.8, 4) is 11.1 Å². The predicted octanol–water partition coefficient (Wildman–Crippen LogP) is 3.54. The first-order valence-corrected chi connectivity index (χ1v) is 8.57. The first kappa shape index (κ1) is 14.9. The Morgan fingerprint density at radius 1 is 1.00 bits per heavy atom. The number of piperidine rings is 1. The van der Waals surface area contributed by atoms with Crippen LogP contribution in [0.4, 0.5) is 4.39 Å². The number of nitrogens with two attached hydrogens (primary N) is 1. The Morgan fingerprint density at radius 2 is 1.74 bits per heavy atom. The second-order valence-electron chi connectivity index (χ2n) is 6.80. The van der Waals surface area contributed by atoms with Crippen LogP contribution in [-0.2, 0) is 5.41 Å². The first-order chi connectivity index (χ1) is 11.2. The second kappa shape index (κ2) is 5.73. The van der Waals surface area contributed by atoms with Gasteiger partial charge in [0, 0.05) is 5.41 Å². The van der Waals surface area contributed by atoms with Crippen molar-refractivity contribution >= 4 is 0 Å². The number of rotatable bonds is 3. The maximum Gasteiger partial charge on any atom is 0.123 e. The van der Waals surface area contributed by atoms with Crippen molar-refractivity contribution < 1.29 is 4.39 Å². The molecule has 0 bridgehead atoms. The van der Waals surface area contributed by atoms with Crippen molar-refractivity contribution in [1.82, 2.24) is 4.90 Å². The van der Waals surface area contributed by atoms with Gasteiger partial charge in [0.1, 0.15) is 5.82 Å². The third-order valence-corrected chi connectivity index (χ3v) is 5.62. The lowest BCUT2D eigenvalue weighted by Gasteiger charge is -2.41. The number of likely N-dealkylation sites (tertiary alicyclic amines) is 1. The summed E-state index contributed by atoms with van der Waals surface area (Å²) in [5, 5.41) is 0.